The predicted molar refractivity (Wildman–Crippen MR) is 124 cm³/mol. The van der Waals surface area contributed by atoms with Gasteiger partial charge in [-0.3, -0.25) is 4.90 Å². The van der Waals surface area contributed by atoms with Crippen molar-refractivity contribution >= 4 is 37.4 Å². The number of thiazole rings is 1. The quantitative estimate of drug-likeness (QED) is 0.585. The van der Waals surface area contributed by atoms with Crippen LogP contribution in [-0.2, 0) is 10.0 Å². The molecule has 0 aliphatic carbocycles. The molecule has 0 N–H and O–H groups in total. The fourth-order valence-electron chi connectivity index (χ4n) is 4.35. The third kappa shape index (κ3) is 4.07. The second kappa shape index (κ2) is 8.46. The summed E-state index contributed by atoms with van der Waals surface area (Å²) < 4.78 is 28.2. The fraction of sp³-hybridized carbons (Fsp3) is 0.455. The van der Waals surface area contributed by atoms with Crippen LogP contribution in [0.1, 0.15) is 30.8 Å². The summed E-state index contributed by atoms with van der Waals surface area (Å²) in [5, 5.41) is 1.16. The van der Waals surface area contributed by atoms with Crippen LogP contribution in [0.5, 0.6) is 0 Å². The number of aromatic nitrogens is 2. The molecule has 0 saturated carbocycles. The molecular formula is C22H27N5O2S2. The van der Waals surface area contributed by atoms with Crippen LogP contribution in [0.25, 0.3) is 10.2 Å². The maximum absolute atomic E-state index is 12.7. The Morgan fingerprint density at radius 3 is 2.39 bits per heavy atom. The molecule has 2 saturated heterocycles. The summed E-state index contributed by atoms with van der Waals surface area (Å²) in [4.78, 5) is 14.3. The standard InChI is InChI=1S/C22H27N5O2S2/c1-17(22-24-19-6-2-3-7-20(19)30-22)25-12-14-26(15-13-25)21-9-8-18(16-23-21)31(28,29)27-10-4-5-11-27/h2-3,6-9,16-17H,4-5,10-15H2,1H3/t17-/m1/s1. The van der Waals surface area contributed by atoms with Crippen molar-refractivity contribution in [1.29, 1.82) is 0 Å². The number of nitrogens with zero attached hydrogens (tertiary/aromatic N) is 5. The van der Waals surface area contributed by atoms with E-state index >= 15 is 0 Å². The number of rotatable bonds is 5. The van der Waals surface area contributed by atoms with Crippen molar-refractivity contribution in [1.82, 2.24) is 19.2 Å². The summed E-state index contributed by atoms with van der Waals surface area (Å²) in [7, 11) is -3.41. The van der Waals surface area contributed by atoms with Crippen molar-refractivity contribution in [3.05, 3.63) is 47.6 Å². The largest absolute Gasteiger partial charge is 0.354 e. The van der Waals surface area contributed by atoms with E-state index < -0.39 is 10.0 Å². The normalized spacial score (nSPS) is 19.8. The van der Waals surface area contributed by atoms with Crippen LogP contribution in [0.3, 0.4) is 0 Å². The summed E-state index contributed by atoms with van der Waals surface area (Å²) in [5.74, 6) is 0.840. The number of sulfonamides is 1. The summed E-state index contributed by atoms with van der Waals surface area (Å²) in [6.07, 6.45) is 3.38. The highest BCUT2D eigenvalue weighted by Crippen LogP contribution is 2.30. The molecule has 1 aromatic carbocycles. The molecule has 1 atom stereocenters. The van der Waals surface area contributed by atoms with Gasteiger partial charge < -0.3 is 4.90 Å². The Morgan fingerprint density at radius 1 is 0.968 bits per heavy atom. The summed E-state index contributed by atoms with van der Waals surface area (Å²) in [6.45, 7) is 7.02. The van der Waals surface area contributed by atoms with Gasteiger partial charge >= 0.3 is 0 Å². The molecule has 2 aliphatic heterocycles. The first-order valence-corrected chi connectivity index (χ1v) is 13.1. The Hall–Kier alpha value is -2.07. The van der Waals surface area contributed by atoms with Crippen LogP contribution >= 0.6 is 11.3 Å². The Balaban J connectivity index is 1.23. The second-order valence-corrected chi connectivity index (χ2v) is 11.2. The number of anilines is 1. The van der Waals surface area contributed by atoms with Crippen molar-refractivity contribution in [3.8, 4) is 0 Å². The summed E-state index contributed by atoms with van der Waals surface area (Å²) >= 11 is 1.77. The van der Waals surface area contributed by atoms with E-state index in [9.17, 15) is 8.42 Å². The Labute approximate surface area is 187 Å². The first-order valence-electron chi connectivity index (χ1n) is 10.8. The van der Waals surface area contributed by atoms with E-state index in [0.717, 1.165) is 55.4 Å². The van der Waals surface area contributed by atoms with E-state index in [2.05, 4.69) is 39.9 Å². The lowest BCUT2D eigenvalue weighted by molar-refractivity contribution is 0.198. The van der Waals surface area contributed by atoms with E-state index in [1.165, 1.54) is 10.9 Å². The van der Waals surface area contributed by atoms with Crippen molar-refractivity contribution in [2.75, 3.05) is 44.2 Å². The van der Waals surface area contributed by atoms with Gasteiger partial charge in [0.25, 0.3) is 0 Å². The van der Waals surface area contributed by atoms with Gasteiger partial charge in [0.15, 0.2) is 0 Å². The van der Waals surface area contributed by atoms with Gasteiger partial charge in [0.2, 0.25) is 10.0 Å². The van der Waals surface area contributed by atoms with Crippen molar-refractivity contribution in [3.63, 3.8) is 0 Å². The number of benzene rings is 1. The molecule has 0 amide bonds. The molecule has 2 aromatic heterocycles. The minimum absolute atomic E-state index is 0.278. The average molecular weight is 458 g/mol. The lowest BCUT2D eigenvalue weighted by Crippen LogP contribution is -2.47. The SMILES string of the molecule is C[C@H](c1nc2ccccc2s1)N1CCN(c2ccc(S(=O)(=O)N3CCCC3)cn2)CC1. The van der Waals surface area contributed by atoms with Crippen molar-refractivity contribution in [2.45, 2.75) is 30.7 Å². The van der Waals surface area contributed by atoms with E-state index in [4.69, 9.17) is 4.98 Å². The van der Waals surface area contributed by atoms with Crippen LogP contribution in [0.15, 0.2) is 47.5 Å². The van der Waals surface area contributed by atoms with Gasteiger partial charge in [0.1, 0.15) is 15.7 Å². The molecule has 2 aliphatic rings. The minimum Gasteiger partial charge on any atom is -0.354 e. The maximum atomic E-state index is 12.7. The Bertz CT molecular complexity index is 1120. The highest BCUT2D eigenvalue weighted by Gasteiger charge is 2.28. The molecule has 7 nitrogen and oxygen atoms in total. The highest BCUT2D eigenvalue weighted by atomic mass is 32.2. The number of piperazine rings is 1. The first kappa shape index (κ1) is 20.8. The van der Waals surface area contributed by atoms with Gasteiger partial charge in [-0.05, 0) is 44.0 Å². The van der Waals surface area contributed by atoms with E-state index in [0.29, 0.717) is 18.0 Å². The molecule has 0 radical (unpaired) electrons. The molecule has 5 rings (SSSR count). The number of para-hydroxylation sites is 1. The molecule has 0 spiro atoms. The van der Waals surface area contributed by atoms with Gasteiger partial charge in [-0.2, -0.15) is 4.31 Å². The Kier molecular flexibility index (Phi) is 5.68. The van der Waals surface area contributed by atoms with Gasteiger partial charge in [0, 0.05) is 45.5 Å². The maximum Gasteiger partial charge on any atom is 0.244 e. The molecule has 3 aromatic rings. The monoisotopic (exact) mass is 457 g/mol. The third-order valence-corrected chi connectivity index (χ3v) is 9.37. The Morgan fingerprint density at radius 2 is 1.71 bits per heavy atom. The molecular weight excluding hydrogens is 430 g/mol. The fourth-order valence-corrected chi connectivity index (χ4v) is 6.87. The average Bonchev–Trinajstić information content (AvgIpc) is 3.49. The zero-order valence-electron chi connectivity index (χ0n) is 17.6. The van der Waals surface area contributed by atoms with Crippen LogP contribution in [0.4, 0.5) is 5.82 Å². The first-order chi connectivity index (χ1) is 15.0. The second-order valence-electron chi connectivity index (χ2n) is 8.18. The lowest BCUT2D eigenvalue weighted by Gasteiger charge is -2.38. The molecule has 0 unspecified atom stereocenters. The third-order valence-electron chi connectivity index (χ3n) is 6.28. The number of hydrogen-bond acceptors (Lipinski definition) is 7. The van der Waals surface area contributed by atoms with Crippen LogP contribution in [0, 0.1) is 0 Å². The van der Waals surface area contributed by atoms with E-state index in [1.807, 2.05) is 12.1 Å². The zero-order valence-corrected chi connectivity index (χ0v) is 19.3. The predicted octanol–water partition coefficient (Wildman–Crippen LogP) is 3.36. The van der Waals surface area contributed by atoms with Gasteiger partial charge in [-0.15, -0.1) is 11.3 Å². The number of hydrogen-bond donors (Lipinski definition) is 0. The van der Waals surface area contributed by atoms with Gasteiger partial charge in [0.05, 0.1) is 16.3 Å². The van der Waals surface area contributed by atoms with Gasteiger partial charge in [-0.25, -0.2) is 18.4 Å². The molecule has 4 heterocycles. The molecule has 164 valence electrons. The number of pyridine rings is 1. The highest BCUT2D eigenvalue weighted by molar-refractivity contribution is 7.89. The number of fused-ring (bicyclic) bond motifs is 1. The van der Waals surface area contributed by atoms with E-state index in [1.54, 1.807) is 21.7 Å². The summed E-state index contributed by atoms with van der Waals surface area (Å²) in [5.41, 5.74) is 1.07. The summed E-state index contributed by atoms with van der Waals surface area (Å²) in [6, 6.07) is 12.1. The molecule has 2 fully saturated rings. The van der Waals surface area contributed by atoms with Crippen molar-refractivity contribution in [2.24, 2.45) is 0 Å². The topological polar surface area (TPSA) is 69.6 Å². The zero-order chi connectivity index (χ0) is 21.4. The van der Waals surface area contributed by atoms with Crippen LogP contribution < -0.4 is 4.90 Å². The minimum atomic E-state index is -3.41. The van der Waals surface area contributed by atoms with Crippen molar-refractivity contribution < 1.29 is 8.42 Å². The van der Waals surface area contributed by atoms with Gasteiger partial charge in [-0.1, -0.05) is 12.1 Å². The van der Waals surface area contributed by atoms with Crippen LogP contribution in [0.2, 0.25) is 0 Å². The van der Waals surface area contributed by atoms with E-state index in [-0.39, 0.29) is 6.04 Å². The molecule has 0 bridgehead atoms. The smallest absolute Gasteiger partial charge is 0.244 e. The lowest BCUT2D eigenvalue weighted by atomic mass is 10.2. The van der Waals surface area contributed by atoms with Crippen LogP contribution in [-0.4, -0.2) is 66.9 Å². The molecule has 9 heteroatoms. The molecule has 31 heavy (non-hydrogen) atoms.